The summed E-state index contributed by atoms with van der Waals surface area (Å²) in [4.78, 5) is 5.06. The summed E-state index contributed by atoms with van der Waals surface area (Å²) in [5.74, 6) is 0.817. The Kier molecular flexibility index (Phi) is 4.59. The molecule has 5 nitrogen and oxygen atoms in total. The Labute approximate surface area is 124 Å². The zero-order valence-electron chi connectivity index (χ0n) is 11.5. The maximum atomic E-state index is 12.5. The van der Waals surface area contributed by atoms with E-state index in [-0.39, 0.29) is 12.4 Å². The molecule has 1 fully saturated rings. The summed E-state index contributed by atoms with van der Waals surface area (Å²) in [5.41, 5.74) is 0.821. The zero-order chi connectivity index (χ0) is 14.8. The summed E-state index contributed by atoms with van der Waals surface area (Å²) in [7, 11) is -0.621. The van der Waals surface area contributed by atoms with Crippen LogP contribution in [-0.2, 0) is 21.4 Å². The topological polar surface area (TPSA) is 55.8 Å². The Balaban J connectivity index is 2.16. The van der Waals surface area contributed by atoms with Crippen LogP contribution in [0.1, 0.15) is 18.4 Å². The van der Waals surface area contributed by atoms with Crippen LogP contribution >= 0.6 is 11.6 Å². The van der Waals surface area contributed by atoms with Crippen molar-refractivity contribution >= 4 is 21.6 Å². The summed E-state index contributed by atoms with van der Waals surface area (Å²) in [6.07, 6.45) is 1.17. The molecule has 0 amide bonds. The fraction of sp³-hybridized carbons (Fsp3) is 0.538. The molecular formula is C13H18ClNO4S. The first kappa shape index (κ1) is 15.6. The van der Waals surface area contributed by atoms with E-state index in [2.05, 4.69) is 0 Å². The molecule has 0 radical (unpaired) electrons. The maximum absolute atomic E-state index is 12.5. The van der Waals surface area contributed by atoms with Gasteiger partial charge in [-0.1, -0.05) is 16.6 Å². The number of sulfonamides is 1. The molecule has 0 aromatic heterocycles. The largest absolute Gasteiger partial charge is 0.497 e. The van der Waals surface area contributed by atoms with Crippen LogP contribution < -0.4 is 4.74 Å². The van der Waals surface area contributed by atoms with Crippen molar-refractivity contribution in [2.75, 3.05) is 20.1 Å². The summed E-state index contributed by atoms with van der Waals surface area (Å²) < 4.78 is 30.2. The highest BCUT2D eigenvalue weighted by Crippen LogP contribution is 2.46. The predicted molar refractivity (Wildman–Crippen MR) is 77.2 cm³/mol. The summed E-state index contributed by atoms with van der Waals surface area (Å²) in [5, 5.41) is 0. The minimum Gasteiger partial charge on any atom is -0.497 e. The number of alkyl halides is 1. The third kappa shape index (κ3) is 2.79. The summed E-state index contributed by atoms with van der Waals surface area (Å²) in [6, 6.07) is 7.18. The lowest BCUT2D eigenvalue weighted by Crippen LogP contribution is -2.40. The molecule has 7 heteroatoms. The van der Waals surface area contributed by atoms with Gasteiger partial charge in [0.2, 0.25) is 10.0 Å². The van der Waals surface area contributed by atoms with E-state index in [0.29, 0.717) is 12.8 Å². The number of hydrogen-bond acceptors (Lipinski definition) is 4. The Bertz CT molecular complexity index is 554. The van der Waals surface area contributed by atoms with Crippen LogP contribution in [0.2, 0.25) is 0 Å². The molecule has 0 aliphatic heterocycles. The van der Waals surface area contributed by atoms with Gasteiger partial charge in [-0.15, -0.1) is 11.6 Å². The van der Waals surface area contributed by atoms with Crippen LogP contribution in [0.4, 0.5) is 0 Å². The Morgan fingerprint density at radius 2 is 1.85 bits per heavy atom. The van der Waals surface area contributed by atoms with Crippen molar-refractivity contribution in [3.63, 3.8) is 0 Å². The Hall–Kier alpha value is -0.820. The number of methoxy groups -OCH3 is 1. The van der Waals surface area contributed by atoms with Gasteiger partial charge in [-0.25, -0.2) is 8.42 Å². The molecule has 0 heterocycles. The van der Waals surface area contributed by atoms with Gasteiger partial charge in [0.05, 0.1) is 20.8 Å². The third-order valence-electron chi connectivity index (χ3n) is 3.54. The first-order valence-electron chi connectivity index (χ1n) is 6.24. The quantitative estimate of drug-likeness (QED) is 0.571. The van der Waals surface area contributed by atoms with E-state index in [9.17, 15) is 8.42 Å². The van der Waals surface area contributed by atoms with E-state index >= 15 is 0 Å². The molecule has 0 atom stereocenters. The van der Waals surface area contributed by atoms with Gasteiger partial charge in [0.1, 0.15) is 10.5 Å². The van der Waals surface area contributed by atoms with Gasteiger partial charge in [0, 0.05) is 5.88 Å². The molecule has 2 rings (SSSR count). The van der Waals surface area contributed by atoms with E-state index < -0.39 is 14.8 Å². The molecule has 1 aliphatic rings. The second-order valence-corrected chi connectivity index (χ2v) is 7.30. The number of nitrogens with zero attached hydrogens (tertiary/aromatic N) is 1. The number of halogens is 1. The molecule has 1 aliphatic carbocycles. The van der Waals surface area contributed by atoms with Gasteiger partial charge in [-0.3, -0.25) is 4.84 Å². The molecule has 0 spiro atoms. The molecule has 0 unspecified atom stereocenters. The molecule has 1 aromatic carbocycles. The monoisotopic (exact) mass is 319 g/mol. The minimum atomic E-state index is -3.56. The highest BCUT2D eigenvalue weighted by atomic mass is 35.5. The molecule has 20 heavy (non-hydrogen) atoms. The van der Waals surface area contributed by atoms with E-state index in [1.165, 1.54) is 7.11 Å². The summed E-state index contributed by atoms with van der Waals surface area (Å²) >= 11 is 5.81. The van der Waals surface area contributed by atoms with Crippen LogP contribution in [0, 0.1) is 0 Å². The lowest BCUT2D eigenvalue weighted by atomic mass is 10.2. The molecular weight excluding hydrogens is 302 g/mol. The van der Waals surface area contributed by atoms with Crippen LogP contribution in [0.15, 0.2) is 24.3 Å². The van der Waals surface area contributed by atoms with Crippen LogP contribution in [-0.4, -0.2) is 37.7 Å². The Morgan fingerprint density at radius 1 is 1.25 bits per heavy atom. The smallest absolute Gasteiger partial charge is 0.243 e. The highest BCUT2D eigenvalue weighted by Gasteiger charge is 2.56. The molecule has 0 N–H and O–H groups in total. The molecule has 1 aromatic rings. The van der Waals surface area contributed by atoms with Crippen molar-refractivity contribution in [1.29, 1.82) is 0 Å². The van der Waals surface area contributed by atoms with Crippen molar-refractivity contribution in [2.45, 2.75) is 24.1 Å². The van der Waals surface area contributed by atoms with Crippen molar-refractivity contribution in [3.05, 3.63) is 29.8 Å². The fourth-order valence-electron chi connectivity index (χ4n) is 1.94. The van der Waals surface area contributed by atoms with Crippen molar-refractivity contribution in [1.82, 2.24) is 4.47 Å². The van der Waals surface area contributed by atoms with Gasteiger partial charge in [0.15, 0.2) is 0 Å². The van der Waals surface area contributed by atoms with Gasteiger partial charge in [-0.05, 0) is 30.5 Å². The van der Waals surface area contributed by atoms with Crippen molar-refractivity contribution in [2.24, 2.45) is 0 Å². The van der Waals surface area contributed by atoms with E-state index in [0.717, 1.165) is 15.8 Å². The fourth-order valence-corrected chi connectivity index (χ4v) is 4.33. The first-order chi connectivity index (χ1) is 9.49. The molecule has 112 valence electrons. The average molecular weight is 320 g/mol. The normalized spacial score (nSPS) is 17.2. The zero-order valence-corrected chi connectivity index (χ0v) is 13.1. The number of ether oxygens (including phenoxy) is 1. The molecule has 0 saturated heterocycles. The molecule has 0 bridgehead atoms. The number of hydrogen-bond donors (Lipinski definition) is 0. The van der Waals surface area contributed by atoms with Crippen LogP contribution in [0.3, 0.4) is 0 Å². The van der Waals surface area contributed by atoms with Crippen molar-refractivity contribution in [3.8, 4) is 5.75 Å². The Morgan fingerprint density at radius 3 is 2.25 bits per heavy atom. The molecule has 1 saturated carbocycles. The van der Waals surface area contributed by atoms with Gasteiger partial charge >= 0.3 is 0 Å². The average Bonchev–Trinajstić information content (AvgIpc) is 3.26. The predicted octanol–water partition coefficient (Wildman–Crippen LogP) is 2.16. The van der Waals surface area contributed by atoms with E-state index in [4.69, 9.17) is 21.2 Å². The van der Waals surface area contributed by atoms with E-state index in [1.54, 1.807) is 31.4 Å². The second kappa shape index (κ2) is 5.89. The van der Waals surface area contributed by atoms with Gasteiger partial charge in [-0.2, -0.15) is 0 Å². The number of rotatable bonds is 7. The van der Waals surface area contributed by atoms with Crippen LogP contribution in [0.5, 0.6) is 5.75 Å². The minimum absolute atomic E-state index is 0.0950. The first-order valence-corrected chi connectivity index (χ1v) is 8.22. The van der Waals surface area contributed by atoms with Gasteiger partial charge < -0.3 is 4.74 Å². The SMILES string of the molecule is COc1ccc(CN(OC)S(=O)(=O)C2(CCl)CC2)cc1. The number of benzene rings is 1. The lowest BCUT2D eigenvalue weighted by Gasteiger charge is -2.24. The van der Waals surface area contributed by atoms with Crippen LogP contribution in [0.25, 0.3) is 0 Å². The summed E-state index contributed by atoms with van der Waals surface area (Å²) in [6.45, 7) is 0.154. The second-order valence-electron chi connectivity index (χ2n) is 4.81. The third-order valence-corrected chi connectivity index (χ3v) is 6.67. The number of hydroxylamine groups is 1. The van der Waals surface area contributed by atoms with E-state index in [1.807, 2.05) is 0 Å². The van der Waals surface area contributed by atoms with Crippen molar-refractivity contribution < 1.29 is 18.0 Å². The lowest BCUT2D eigenvalue weighted by molar-refractivity contribution is -0.0567. The maximum Gasteiger partial charge on any atom is 0.243 e. The highest BCUT2D eigenvalue weighted by molar-refractivity contribution is 7.90. The van der Waals surface area contributed by atoms with Gasteiger partial charge in [0.25, 0.3) is 0 Å². The standard InChI is InChI=1S/C13H18ClNO4S/c1-18-12-5-3-11(4-6-12)9-15(19-2)20(16,17)13(10-14)7-8-13/h3-6H,7-10H2,1-2H3.